The maximum atomic E-state index is 12.5. The molecule has 154 valence electrons. The molecule has 0 aliphatic heterocycles. The SMILES string of the molecule is [2H]C([2H])([2H])NC(=O)c1nnc(NC(=O)C2CC2)cc1Nc1nc(C2CC2)sc1S(C)(=O)=O. The Morgan fingerprint density at radius 2 is 2.00 bits per heavy atom. The molecule has 2 aliphatic carbocycles. The highest BCUT2D eigenvalue weighted by Gasteiger charge is 2.32. The highest BCUT2D eigenvalue weighted by atomic mass is 32.2. The number of anilines is 3. The molecule has 0 atom stereocenters. The van der Waals surface area contributed by atoms with Gasteiger partial charge in [0, 0.05) is 35.2 Å². The van der Waals surface area contributed by atoms with E-state index in [2.05, 4.69) is 25.8 Å². The maximum Gasteiger partial charge on any atom is 0.273 e. The van der Waals surface area contributed by atoms with E-state index in [1.807, 2.05) is 5.32 Å². The van der Waals surface area contributed by atoms with Crippen molar-refractivity contribution in [2.45, 2.75) is 35.8 Å². The van der Waals surface area contributed by atoms with Crippen molar-refractivity contribution in [3.05, 3.63) is 16.8 Å². The van der Waals surface area contributed by atoms with Gasteiger partial charge in [0.05, 0.1) is 10.7 Å². The molecule has 2 amide bonds. The monoisotopic (exact) mass is 439 g/mol. The molecule has 2 fully saturated rings. The third kappa shape index (κ3) is 4.37. The van der Waals surface area contributed by atoms with Gasteiger partial charge in [0.15, 0.2) is 31.4 Å². The van der Waals surface area contributed by atoms with Gasteiger partial charge in [-0.3, -0.25) is 9.59 Å². The highest BCUT2D eigenvalue weighted by Crippen LogP contribution is 2.45. The summed E-state index contributed by atoms with van der Waals surface area (Å²) in [6.45, 7) is -2.77. The van der Waals surface area contributed by atoms with Crippen molar-refractivity contribution >= 4 is 50.3 Å². The summed E-state index contributed by atoms with van der Waals surface area (Å²) in [5, 5.41) is 15.4. The van der Waals surface area contributed by atoms with Crippen molar-refractivity contribution < 1.29 is 22.1 Å². The first-order chi connectivity index (χ1) is 14.9. The molecule has 3 N–H and O–H groups in total. The molecule has 4 rings (SSSR count). The number of carbonyl (C=O) groups is 2. The van der Waals surface area contributed by atoms with Crippen molar-refractivity contribution in [1.82, 2.24) is 20.5 Å². The van der Waals surface area contributed by atoms with Gasteiger partial charge >= 0.3 is 0 Å². The van der Waals surface area contributed by atoms with Gasteiger partial charge < -0.3 is 16.0 Å². The fourth-order valence-electron chi connectivity index (χ4n) is 2.63. The molecule has 0 spiro atoms. The number of nitrogens with zero attached hydrogens (tertiary/aromatic N) is 3. The molecule has 0 unspecified atom stereocenters. The number of hydrogen-bond acceptors (Lipinski definition) is 9. The molecule has 2 aromatic heterocycles. The first-order valence-corrected chi connectivity index (χ1v) is 11.6. The number of rotatable bonds is 7. The Morgan fingerprint density at radius 1 is 1.24 bits per heavy atom. The van der Waals surface area contributed by atoms with E-state index < -0.39 is 22.7 Å². The van der Waals surface area contributed by atoms with Crippen LogP contribution in [0.1, 0.15) is 51.2 Å². The summed E-state index contributed by atoms with van der Waals surface area (Å²) in [5.41, 5.74) is -0.420. The highest BCUT2D eigenvalue weighted by molar-refractivity contribution is 7.93. The Bertz CT molecular complexity index is 1190. The van der Waals surface area contributed by atoms with Gasteiger partial charge in [-0.1, -0.05) is 0 Å². The summed E-state index contributed by atoms with van der Waals surface area (Å²) in [6, 6.07) is 1.30. The van der Waals surface area contributed by atoms with E-state index in [9.17, 15) is 18.0 Å². The van der Waals surface area contributed by atoms with E-state index in [-0.39, 0.29) is 45.0 Å². The van der Waals surface area contributed by atoms with Crippen LogP contribution in [-0.2, 0) is 14.6 Å². The minimum atomic E-state index is -3.64. The lowest BCUT2D eigenvalue weighted by molar-refractivity contribution is -0.117. The number of nitrogens with one attached hydrogen (secondary N) is 3. The van der Waals surface area contributed by atoms with Gasteiger partial charge in [-0.2, -0.15) is 0 Å². The standard InChI is InChI=1S/C17H20N6O4S2/c1-18-15(25)12-10(7-11(22-23-12)20-14(24)8-3-4-8)19-13-17(29(2,26)27)28-16(21-13)9-5-6-9/h7-9H,3-6H2,1-2H3,(H,18,25)(H2,19,20,22,24)/i1D3. The van der Waals surface area contributed by atoms with Crippen LogP contribution >= 0.6 is 11.3 Å². The zero-order chi connectivity index (χ0) is 23.3. The van der Waals surface area contributed by atoms with Crippen LogP contribution in [-0.4, -0.2) is 48.6 Å². The number of carbonyl (C=O) groups excluding carboxylic acids is 2. The Kier molecular flexibility index (Phi) is 4.10. The van der Waals surface area contributed by atoms with Crippen LogP contribution in [0.15, 0.2) is 10.3 Å². The zero-order valence-corrected chi connectivity index (χ0v) is 17.0. The fourth-order valence-corrected chi connectivity index (χ4v) is 4.87. The predicted molar refractivity (Wildman–Crippen MR) is 107 cm³/mol. The zero-order valence-electron chi connectivity index (χ0n) is 18.4. The molecular formula is C17H20N6O4S2. The Labute approximate surface area is 175 Å². The van der Waals surface area contributed by atoms with Gasteiger partial charge in [0.25, 0.3) is 5.91 Å². The maximum absolute atomic E-state index is 12.5. The molecule has 0 radical (unpaired) electrons. The number of sulfone groups is 1. The molecule has 2 aliphatic rings. The molecule has 10 nitrogen and oxygen atoms in total. The van der Waals surface area contributed by atoms with Crippen LogP contribution in [0.2, 0.25) is 0 Å². The van der Waals surface area contributed by atoms with E-state index in [0.717, 1.165) is 43.3 Å². The van der Waals surface area contributed by atoms with Gasteiger partial charge in [-0.05, 0) is 25.7 Å². The van der Waals surface area contributed by atoms with Crippen LogP contribution in [0.25, 0.3) is 0 Å². The molecule has 2 aromatic rings. The minimum absolute atomic E-state index is 0.00908. The van der Waals surface area contributed by atoms with Crippen LogP contribution in [0.5, 0.6) is 0 Å². The first kappa shape index (κ1) is 16.2. The van der Waals surface area contributed by atoms with Crippen LogP contribution in [0, 0.1) is 5.92 Å². The topological polar surface area (TPSA) is 143 Å². The lowest BCUT2D eigenvalue weighted by Gasteiger charge is -2.11. The smallest absolute Gasteiger partial charge is 0.273 e. The largest absolute Gasteiger partial charge is 0.354 e. The molecule has 12 heteroatoms. The Balaban J connectivity index is 1.71. The van der Waals surface area contributed by atoms with E-state index >= 15 is 0 Å². The average Bonchev–Trinajstić information content (AvgIpc) is 3.57. The van der Waals surface area contributed by atoms with E-state index in [1.54, 1.807) is 0 Å². The third-order valence-electron chi connectivity index (χ3n) is 4.45. The summed E-state index contributed by atoms with van der Waals surface area (Å²) in [7, 11) is -3.64. The van der Waals surface area contributed by atoms with Gasteiger partial charge in [0.1, 0.15) is 0 Å². The first-order valence-electron chi connectivity index (χ1n) is 10.4. The molecule has 29 heavy (non-hydrogen) atoms. The van der Waals surface area contributed by atoms with E-state index in [4.69, 9.17) is 4.11 Å². The minimum Gasteiger partial charge on any atom is -0.354 e. The number of amides is 2. The van der Waals surface area contributed by atoms with Crippen LogP contribution < -0.4 is 16.0 Å². The van der Waals surface area contributed by atoms with Gasteiger partial charge in [-0.25, -0.2) is 13.4 Å². The van der Waals surface area contributed by atoms with Crippen LogP contribution in [0.3, 0.4) is 0 Å². The molecule has 2 heterocycles. The second-order valence-electron chi connectivity index (χ2n) is 7.07. The lowest BCUT2D eigenvalue weighted by Crippen LogP contribution is -2.22. The number of aromatic nitrogens is 3. The quantitative estimate of drug-likeness (QED) is 0.591. The summed E-state index contributed by atoms with van der Waals surface area (Å²) < 4.78 is 46.3. The summed E-state index contributed by atoms with van der Waals surface area (Å²) in [5.74, 6) is -1.16. The number of thiazole rings is 1. The molecule has 0 bridgehead atoms. The van der Waals surface area contributed by atoms with E-state index in [0.29, 0.717) is 5.01 Å². The molecule has 2 saturated carbocycles. The van der Waals surface area contributed by atoms with Crippen molar-refractivity contribution in [3.63, 3.8) is 0 Å². The van der Waals surface area contributed by atoms with Crippen molar-refractivity contribution in [1.29, 1.82) is 0 Å². The predicted octanol–water partition coefficient (Wildman–Crippen LogP) is 1.67. The molecule has 0 saturated heterocycles. The second-order valence-corrected chi connectivity index (χ2v) is 10.3. The van der Waals surface area contributed by atoms with Crippen molar-refractivity contribution in [2.24, 2.45) is 5.92 Å². The van der Waals surface area contributed by atoms with Gasteiger partial charge in [-0.15, -0.1) is 21.5 Å². The average molecular weight is 440 g/mol. The third-order valence-corrected chi connectivity index (χ3v) is 7.49. The molecule has 0 aromatic carbocycles. The molecular weight excluding hydrogens is 416 g/mol. The van der Waals surface area contributed by atoms with Crippen LogP contribution in [0.4, 0.5) is 17.3 Å². The number of hydrogen-bond donors (Lipinski definition) is 3. The normalized spacial score (nSPS) is 18.3. The lowest BCUT2D eigenvalue weighted by atomic mass is 10.3. The summed E-state index contributed by atoms with van der Waals surface area (Å²) >= 11 is 1.05. The Morgan fingerprint density at radius 3 is 2.62 bits per heavy atom. The van der Waals surface area contributed by atoms with Crippen molar-refractivity contribution in [2.75, 3.05) is 23.9 Å². The van der Waals surface area contributed by atoms with Crippen molar-refractivity contribution in [3.8, 4) is 0 Å². The van der Waals surface area contributed by atoms with E-state index in [1.165, 1.54) is 6.07 Å². The Hall–Kier alpha value is -2.60. The fraction of sp³-hybridized carbons (Fsp3) is 0.471. The summed E-state index contributed by atoms with van der Waals surface area (Å²) in [6.07, 6.45) is 4.41. The summed E-state index contributed by atoms with van der Waals surface area (Å²) in [4.78, 5) is 29.0. The van der Waals surface area contributed by atoms with Gasteiger partial charge in [0.2, 0.25) is 5.91 Å². The second kappa shape index (κ2) is 7.34.